The second-order valence-corrected chi connectivity index (χ2v) is 2.95. The second-order valence-electron chi connectivity index (χ2n) is 2.95. The third-order valence-electron chi connectivity index (χ3n) is 2.01. The van der Waals surface area contributed by atoms with Gasteiger partial charge in [0.05, 0.1) is 11.2 Å². The third-order valence-corrected chi connectivity index (χ3v) is 2.01. The Balaban J connectivity index is 2.48. The van der Waals surface area contributed by atoms with Crippen LogP contribution in [0.5, 0.6) is 0 Å². The molecular formula is C11H11N3. The Bertz CT molecular complexity index is 494. The fourth-order valence-corrected chi connectivity index (χ4v) is 1.32. The minimum absolute atomic E-state index is 0.755. The molecule has 2 rings (SSSR count). The van der Waals surface area contributed by atoms with E-state index in [0.717, 1.165) is 16.8 Å². The van der Waals surface area contributed by atoms with Crippen molar-refractivity contribution in [2.24, 2.45) is 4.99 Å². The van der Waals surface area contributed by atoms with E-state index in [0.29, 0.717) is 0 Å². The number of nitrogens with zero attached hydrogens (tertiary/aromatic N) is 3. The molecule has 0 spiro atoms. The van der Waals surface area contributed by atoms with Crippen molar-refractivity contribution in [3.63, 3.8) is 0 Å². The van der Waals surface area contributed by atoms with Crippen LogP contribution >= 0.6 is 0 Å². The topological polar surface area (TPSA) is 29.7 Å². The molecule has 70 valence electrons. The summed E-state index contributed by atoms with van der Waals surface area (Å²) >= 11 is 0. The molecule has 0 saturated heterocycles. The first-order chi connectivity index (χ1) is 6.81. The van der Waals surface area contributed by atoms with Gasteiger partial charge in [0.15, 0.2) is 0 Å². The lowest BCUT2D eigenvalue weighted by Gasteiger charge is -2.00. The molecule has 0 aromatic carbocycles. The van der Waals surface area contributed by atoms with Crippen LogP contribution in [-0.4, -0.2) is 15.8 Å². The van der Waals surface area contributed by atoms with Gasteiger partial charge >= 0.3 is 0 Å². The molecule has 3 heteroatoms. The molecule has 2 aromatic heterocycles. The lowest BCUT2D eigenvalue weighted by Crippen LogP contribution is -1.89. The van der Waals surface area contributed by atoms with Crippen LogP contribution in [-0.2, 0) is 0 Å². The Hall–Kier alpha value is -1.90. The van der Waals surface area contributed by atoms with E-state index in [9.17, 15) is 0 Å². The first kappa shape index (κ1) is 8.69. The van der Waals surface area contributed by atoms with Gasteiger partial charge in [0.2, 0.25) is 0 Å². The summed E-state index contributed by atoms with van der Waals surface area (Å²) in [6, 6.07) is 5.95. The number of rotatable bonds is 2. The van der Waals surface area contributed by atoms with Gasteiger partial charge in [0.1, 0.15) is 0 Å². The van der Waals surface area contributed by atoms with Crippen molar-refractivity contribution < 1.29 is 0 Å². The molecule has 3 nitrogen and oxygen atoms in total. The standard InChI is InChI=1S/C11H11N3/c1-3-12-9(2)10-4-5-11-6-7-13-14(11)8-10/h3-8H,2H2,1H3. The summed E-state index contributed by atoms with van der Waals surface area (Å²) < 4.78 is 1.81. The first-order valence-electron chi connectivity index (χ1n) is 4.42. The predicted octanol–water partition coefficient (Wildman–Crippen LogP) is 2.40. The summed E-state index contributed by atoms with van der Waals surface area (Å²) in [5.41, 5.74) is 2.81. The summed E-state index contributed by atoms with van der Waals surface area (Å²) in [4.78, 5) is 4.13. The third kappa shape index (κ3) is 1.44. The maximum Gasteiger partial charge on any atom is 0.0662 e. The average Bonchev–Trinajstić information content (AvgIpc) is 2.64. The van der Waals surface area contributed by atoms with Crippen LogP contribution in [0.3, 0.4) is 0 Å². The van der Waals surface area contributed by atoms with E-state index < -0.39 is 0 Å². The van der Waals surface area contributed by atoms with Gasteiger partial charge in [-0.25, -0.2) is 4.52 Å². The molecule has 0 aliphatic rings. The maximum atomic E-state index is 4.15. The molecule has 14 heavy (non-hydrogen) atoms. The Morgan fingerprint density at radius 2 is 2.36 bits per heavy atom. The van der Waals surface area contributed by atoms with Gasteiger partial charge < -0.3 is 0 Å². The van der Waals surface area contributed by atoms with E-state index in [1.165, 1.54) is 0 Å². The minimum atomic E-state index is 0.755. The van der Waals surface area contributed by atoms with Crippen molar-refractivity contribution in [1.82, 2.24) is 9.61 Å². The van der Waals surface area contributed by atoms with Crippen LogP contribution < -0.4 is 0 Å². The number of aromatic nitrogens is 2. The number of aliphatic imine (C=N–C) groups is 1. The average molecular weight is 185 g/mol. The SMILES string of the molecule is C=C(N=CC)c1ccc2ccnn2c1. The molecule has 0 unspecified atom stereocenters. The molecule has 0 fully saturated rings. The first-order valence-corrected chi connectivity index (χ1v) is 4.42. The molecule has 0 N–H and O–H groups in total. The van der Waals surface area contributed by atoms with Crippen molar-refractivity contribution >= 4 is 17.4 Å². The smallest absolute Gasteiger partial charge is 0.0662 e. The summed E-state index contributed by atoms with van der Waals surface area (Å²) in [6.45, 7) is 5.74. The van der Waals surface area contributed by atoms with Gasteiger partial charge in [0, 0.05) is 24.2 Å². The number of hydrogen-bond donors (Lipinski definition) is 0. The van der Waals surface area contributed by atoms with Crippen LogP contribution in [0.2, 0.25) is 0 Å². The van der Waals surface area contributed by atoms with Crippen LogP contribution in [0, 0.1) is 0 Å². The highest BCUT2D eigenvalue weighted by molar-refractivity contribution is 5.71. The molecule has 2 aromatic rings. The zero-order valence-corrected chi connectivity index (χ0v) is 8.01. The van der Waals surface area contributed by atoms with Crippen molar-refractivity contribution in [1.29, 1.82) is 0 Å². The number of fused-ring (bicyclic) bond motifs is 1. The van der Waals surface area contributed by atoms with Gasteiger partial charge in [-0.05, 0) is 25.1 Å². The zero-order valence-electron chi connectivity index (χ0n) is 8.01. The van der Waals surface area contributed by atoms with Crippen LogP contribution in [0.25, 0.3) is 11.2 Å². The van der Waals surface area contributed by atoms with Crippen LogP contribution in [0.1, 0.15) is 12.5 Å². The molecule has 0 atom stereocenters. The number of hydrogen-bond acceptors (Lipinski definition) is 2. The van der Waals surface area contributed by atoms with E-state index in [4.69, 9.17) is 0 Å². The van der Waals surface area contributed by atoms with E-state index in [1.54, 1.807) is 12.4 Å². The summed E-state index contributed by atoms with van der Waals surface area (Å²) in [5, 5.41) is 4.15. The highest BCUT2D eigenvalue weighted by atomic mass is 15.2. The maximum absolute atomic E-state index is 4.15. The Kier molecular flexibility index (Phi) is 2.14. The van der Waals surface area contributed by atoms with E-state index >= 15 is 0 Å². The van der Waals surface area contributed by atoms with E-state index in [-0.39, 0.29) is 0 Å². The normalized spacial score (nSPS) is 11.2. The lowest BCUT2D eigenvalue weighted by atomic mass is 10.2. The molecule has 0 radical (unpaired) electrons. The quantitative estimate of drug-likeness (QED) is 0.660. The van der Waals surface area contributed by atoms with E-state index in [2.05, 4.69) is 16.7 Å². The fraction of sp³-hybridized carbons (Fsp3) is 0.0909. The van der Waals surface area contributed by atoms with Gasteiger partial charge in [-0.2, -0.15) is 5.10 Å². The van der Waals surface area contributed by atoms with E-state index in [1.807, 2.05) is 35.8 Å². The highest BCUT2D eigenvalue weighted by Gasteiger charge is 1.98. The van der Waals surface area contributed by atoms with Gasteiger partial charge in [0.25, 0.3) is 0 Å². The monoisotopic (exact) mass is 185 g/mol. The van der Waals surface area contributed by atoms with Gasteiger partial charge in [-0.3, -0.25) is 4.99 Å². The van der Waals surface area contributed by atoms with Gasteiger partial charge in [-0.15, -0.1) is 0 Å². The highest BCUT2D eigenvalue weighted by Crippen LogP contribution is 2.14. The minimum Gasteiger partial charge on any atom is -0.261 e. The molecular weight excluding hydrogens is 174 g/mol. The van der Waals surface area contributed by atoms with Crippen molar-refractivity contribution in [3.8, 4) is 0 Å². The fourth-order valence-electron chi connectivity index (χ4n) is 1.32. The van der Waals surface area contributed by atoms with Crippen LogP contribution in [0.4, 0.5) is 0 Å². The van der Waals surface area contributed by atoms with Gasteiger partial charge in [-0.1, -0.05) is 6.58 Å². The summed E-state index contributed by atoms with van der Waals surface area (Å²) in [6.07, 6.45) is 5.42. The Morgan fingerprint density at radius 1 is 1.50 bits per heavy atom. The molecule has 0 amide bonds. The van der Waals surface area contributed by atoms with Crippen molar-refractivity contribution in [2.45, 2.75) is 6.92 Å². The molecule has 0 aliphatic carbocycles. The Labute approximate surface area is 82.4 Å². The second kappa shape index (κ2) is 3.46. The zero-order chi connectivity index (χ0) is 9.97. The summed E-state index contributed by atoms with van der Waals surface area (Å²) in [7, 11) is 0. The summed E-state index contributed by atoms with van der Waals surface area (Å²) in [5.74, 6) is 0. The Morgan fingerprint density at radius 3 is 3.14 bits per heavy atom. The number of pyridine rings is 1. The lowest BCUT2D eigenvalue weighted by molar-refractivity contribution is 0.957. The molecule has 0 bridgehead atoms. The molecule has 2 heterocycles. The molecule has 0 saturated carbocycles. The van der Waals surface area contributed by atoms with Crippen molar-refractivity contribution in [3.05, 3.63) is 42.7 Å². The largest absolute Gasteiger partial charge is 0.261 e. The van der Waals surface area contributed by atoms with Crippen LogP contribution in [0.15, 0.2) is 42.2 Å². The van der Waals surface area contributed by atoms with Crippen molar-refractivity contribution in [2.75, 3.05) is 0 Å². The predicted molar refractivity (Wildman–Crippen MR) is 58.4 cm³/mol. The molecule has 0 aliphatic heterocycles.